The van der Waals surface area contributed by atoms with E-state index in [1.54, 1.807) is 0 Å². The van der Waals surface area contributed by atoms with Crippen molar-refractivity contribution in [2.24, 2.45) is 10.8 Å². The number of anilines is 2. The number of nitrogens with zero attached hydrogens (tertiary/aromatic N) is 3. The molecule has 2 heterocycles. The highest BCUT2D eigenvalue weighted by molar-refractivity contribution is 6.00. The third kappa shape index (κ3) is 4.19. The Labute approximate surface area is 250 Å². The Kier molecular flexibility index (Phi) is 5.28. The summed E-state index contributed by atoms with van der Waals surface area (Å²) in [5.74, 6) is 2.34. The van der Waals surface area contributed by atoms with E-state index < -0.39 is 5.67 Å². The molecule has 4 bridgehead atoms. The molecule has 7 saturated carbocycles. The van der Waals surface area contributed by atoms with Crippen molar-refractivity contribution < 1.29 is 18.5 Å². The van der Waals surface area contributed by atoms with Crippen LogP contribution in [0.2, 0.25) is 0 Å². The number of carbonyl (C=O) groups excluding carboxylic acids is 2. The third-order valence-electron chi connectivity index (χ3n) is 11.9. The van der Waals surface area contributed by atoms with Crippen molar-refractivity contribution in [2.75, 3.05) is 16.8 Å². The zero-order valence-electron chi connectivity index (χ0n) is 24.5. The zero-order chi connectivity index (χ0) is 29.0. The van der Waals surface area contributed by atoms with E-state index in [4.69, 9.17) is 9.51 Å². The van der Waals surface area contributed by atoms with E-state index in [0.717, 1.165) is 91.1 Å². The summed E-state index contributed by atoms with van der Waals surface area (Å²) in [6.07, 6.45) is 10.8. The van der Waals surface area contributed by atoms with Gasteiger partial charge < -0.3 is 14.7 Å². The number of hydrogen-bond acceptors (Lipinski definition) is 5. The van der Waals surface area contributed by atoms with Gasteiger partial charge in [-0.3, -0.25) is 9.59 Å². The molecular weight excluding hydrogens is 543 g/mol. The van der Waals surface area contributed by atoms with Crippen molar-refractivity contribution >= 4 is 23.2 Å². The SMILES string of the molecule is O=C1Cc2cc(-c3cccc(N(CC45CCC(c6nc(C7CC7)no6)(CC4)CC5)C(=O)CC45CC(F)(C4)C5)c3)ccc2N1. The van der Waals surface area contributed by atoms with Crippen LogP contribution in [0.5, 0.6) is 0 Å². The van der Waals surface area contributed by atoms with E-state index in [1.807, 2.05) is 29.2 Å². The fourth-order valence-electron chi connectivity index (χ4n) is 9.16. The van der Waals surface area contributed by atoms with Crippen LogP contribution in [0.4, 0.5) is 15.8 Å². The van der Waals surface area contributed by atoms with Crippen molar-refractivity contribution in [1.82, 2.24) is 10.1 Å². The van der Waals surface area contributed by atoms with Gasteiger partial charge in [0.2, 0.25) is 17.7 Å². The minimum Gasteiger partial charge on any atom is -0.339 e. The normalized spacial score (nSPS) is 33.4. The van der Waals surface area contributed by atoms with E-state index in [2.05, 4.69) is 28.7 Å². The summed E-state index contributed by atoms with van der Waals surface area (Å²) >= 11 is 0. The number of benzene rings is 2. The number of rotatable bonds is 8. The van der Waals surface area contributed by atoms with Crippen LogP contribution in [0, 0.1) is 10.8 Å². The number of amides is 2. The van der Waals surface area contributed by atoms with Crippen LogP contribution < -0.4 is 10.2 Å². The lowest BCUT2D eigenvalue weighted by Gasteiger charge is -2.66. The molecule has 0 unspecified atom stereocenters. The standard InChI is InChI=1S/C35H37FN4O3/c36-35-18-33(19-35,20-35)17-29(42)40(26-3-1-2-23(15-26)24-6-7-27-25(14-24)16-28(41)37-27)21-32-8-11-34(12-9-32,13-10-32)31-38-30(39-43-31)22-4-5-22/h1-3,6-7,14-15,22H,4-5,8-13,16-21H2,(H,37,41). The monoisotopic (exact) mass is 580 g/mol. The van der Waals surface area contributed by atoms with Crippen LogP contribution in [0.25, 0.3) is 11.1 Å². The highest BCUT2D eigenvalue weighted by Gasteiger charge is 2.69. The minimum atomic E-state index is -1.02. The Hall–Kier alpha value is -3.55. The Morgan fingerprint density at radius 1 is 0.977 bits per heavy atom. The molecular formula is C35H37FN4O3. The first-order valence-electron chi connectivity index (χ1n) is 16.1. The van der Waals surface area contributed by atoms with Crippen LogP contribution in [0.15, 0.2) is 47.0 Å². The van der Waals surface area contributed by atoms with Crippen molar-refractivity contribution in [3.05, 3.63) is 59.7 Å². The maximum Gasteiger partial charge on any atom is 0.232 e. The number of carbonyl (C=O) groups is 2. The van der Waals surface area contributed by atoms with Crippen LogP contribution in [-0.4, -0.2) is 34.2 Å². The molecule has 0 radical (unpaired) electrons. The topological polar surface area (TPSA) is 88.3 Å². The summed E-state index contributed by atoms with van der Waals surface area (Å²) in [6.45, 7) is 0.683. The lowest BCUT2D eigenvalue weighted by Crippen LogP contribution is -2.65. The largest absolute Gasteiger partial charge is 0.339 e. The first-order chi connectivity index (χ1) is 20.7. The van der Waals surface area contributed by atoms with Gasteiger partial charge in [0.1, 0.15) is 5.67 Å². The van der Waals surface area contributed by atoms with Gasteiger partial charge in [0, 0.05) is 35.7 Å². The van der Waals surface area contributed by atoms with E-state index in [1.165, 1.54) is 0 Å². The Balaban J connectivity index is 0.990. The smallest absolute Gasteiger partial charge is 0.232 e. The van der Waals surface area contributed by atoms with Crippen LogP contribution in [0.1, 0.15) is 100 Å². The molecule has 0 atom stereocenters. The maximum absolute atomic E-state index is 14.4. The molecule has 7 fully saturated rings. The van der Waals surface area contributed by atoms with Crippen LogP contribution in [-0.2, 0) is 21.4 Å². The molecule has 2 amide bonds. The molecule has 8 aliphatic rings. The molecule has 2 aromatic carbocycles. The number of nitrogens with one attached hydrogen (secondary N) is 1. The molecule has 3 aromatic rings. The lowest BCUT2D eigenvalue weighted by molar-refractivity contribution is -0.215. The predicted molar refractivity (Wildman–Crippen MR) is 159 cm³/mol. The van der Waals surface area contributed by atoms with Gasteiger partial charge in [-0.25, -0.2) is 4.39 Å². The highest BCUT2D eigenvalue weighted by atomic mass is 19.1. The van der Waals surface area contributed by atoms with Crippen molar-refractivity contribution in [3.63, 3.8) is 0 Å². The molecule has 1 N–H and O–H groups in total. The summed E-state index contributed by atoms with van der Waals surface area (Å²) in [5.41, 5.74) is 3.70. The van der Waals surface area contributed by atoms with E-state index in [9.17, 15) is 14.0 Å². The minimum absolute atomic E-state index is 0.0204. The molecule has 7 aliphatic carbocycles. The van der Waals surface area contributed by atoms with Gasteiger partial charge in [0.05, 0.1) is 6.42 Å². The number of aromatic nitrogens is 2. The lowest BCUT2D eigenvalue weighted by atomic mass is 9.41. The quantitative estimate of drug-likeness (QED) is 0.310. The van der Waals surface area contributed by atoms with Gasteiger partial charge in [-0.15, -0.1) is 0 Å². The summed E-state index contributed by atoms with van der Waals surface area (Å²) in [4.78, 5) is 33.0. The Morgan fingerprint density at radius 2 is 1.72 bits per heavy atom. The first-order valence-corrected chi connectivity index (χ1v) is 16.1. The zero-order valence-corrected chi connectivity index (χ0v) is 24.5. The maximum atomic E-state index is 14.4. The van der Waals surface area contributed by atoms with Crippen molar-refractivity contribution in [1.29, 1.82) is 0 Å². The van der Waals surface area contributed by atoms with Crippen molar-refractivity contribution in [3.8, 4) is 11.1 Å². The number of halogens is 1. The third-order valence-corrected chi connectivity index (χ3v) is 11.9. The number of fused-ring (bicyclic) bond motifs is 4. The highest BCUT2D eigenvalue weighted by Crippen LogP contribution is 2.71. The molecule has 0 spiro atoms. The molecule has 1 aliphatic heterocycles. The van der Waals surface area contributed by atoms with Crippen molar-refractivity contribution in [2.45, 2.75) is 100 Å². The second kappa shape index (κ2) is 8.76. The Bertz CT molecular complexity index is 1630. The second-order valence-corrected chi connectivity index (χ2v) is 15.0. The van der Waals surface area contributed by atoms with Gasteiger partial charge >= 0.3 is 0 Å². The van der Waals surface area contributed by atoms with Gasteiger partial charge in [-0.1, -0.05) is 23.4 Å². The molecule has 8 heteroatoms. The predicted octanol–water partition coefficient (Wildman–Crippen LogP) is 7.02. The first kappa shape index (κ1) is 25.9. The molecule has 222 valence electrons. The summed E-state index contributed by atoms with van der Waals surface area (Å²) in [6, 6.07) is 14.3. The molecule has 1 aromatic heterocycles. The fourth-order valence-corrected chi connectivity index (χ4v) is 9.16. The summed E-state index contributed by atoms with van der Waals surface area (Å²) in [7, 11) is 0. The fraction of sp³-hybridized carbons (Fsp3) is 0.543. The number of hydrogen-bond donors (Lipinski definition) is 1. The second-order valence-electron chi connectivity index (χ2n) is 15.0. The number of alkyl halides is 1. The van der Waals surface area contributed by atoms with Gasteiger partial charge in [-0.05, 0) is 122 Å². The van der Waals surface area contributed by atoms with Gasteiger partial charge in [0.25, 0.3) is 0 Å². The summed E-state index contributed by atoms with van der Waals surface area (Å²) < 4.78 is 20.2. The van der Waals surface area contributed by atoms with Gasteiger partial charge in [0.15, 0.2) is 5.82 Å². The molecule has 7 nitrogen and oxygen atoms in total. The van der Waals surface area contributed by atoms with E-state index in [-0.39, 0.29) is 28.1 Å². The Morgan fingerprint density at radius 3 is 2.44 bits per heavy atom. The van der Waals surface area contributed by atoms with E-state index >= 15 is 0 Å². The molecule has 11 rings (SSSR count). The van der Waals surface area contributed by atoms with Crippen LogP contribution in [0.3, 0.4) is 0 Å². The molecule has 0 saturated heterocycles. The average Bonchev–Trinajstić information content (AvgIpc) is 3.58. The average molecular weight is 581 g/mol. The molecule has 43 heavy (non-hydrogen) atoms. The van der Waals surface area contributed by atoms with Gasteiger partial charge in [-0.2, -0.15) is 4.98 Å². The summed E-state index contributed by atoms with van der Waals surface area (Å²) in [5, 5.41) is 7.23. The van der Waals surface area contributed by atoms with E-state index in [0.29, 0.717) is 44.6 Å². The van der Waals surface area contributed by atoms with Crippen LogP contribution >= 0.6 is 0 Å².